The summed E-state index contributed by atoms with van der Waals surface area (Å²) in [5.41, 5.74) is 0. The number of hydrogen-bond acceptors (Lipinski definition) is 4. The lowest BCUT2D eigenvalue weighted by Gasteiger charge is -2.32. The topological polar surface area (TPSA) is 49.4 Å². The van der Waals surface area contributed by atoms with Crippen molar-refractivity contribution in [1.29, 1.82) is 0 Å². The van der Waals surface area contributed by atoms with E-state index in [2.05, 4.69) is 17.3 Å². The Morgan fingerprint density at radius 2 is 2.12 bits per heavy atom. The van der Waals surface area contributed by atoms with Gasteiger partial charge in [-0.3, -0.25) is 0 Å². The molecule has 1 N–H and O–H groups in total. The van der Waals surface area contributed by atoms with Crippen LogP contribution in [0.2, 0.25) is 0 Å². The number of nitrogens with one attached hydrogen (secondary N) is 1. The van der Waals surface area contributed by atoms with E-state index in [0.29, 0.717) is 12.6 Å². The molecular weight excluding hydrogens is 224 g/mol. The van der Waals surface area contributed by atoms with Crippen LogP contribution in [-0.2, 0) is 9.84 Å². The van der Waals surface area contributed by atoms with Gasteiger partial charge in [0.15, 0.2) is 9.84 Å². The molecule has 0 bridgehead atoms. The van der Waals surface area contributed by atoms with E-state index in [1.54, 1.807) is 6.92 Å². The third kappa shape index (κ3) is 4.80. The molecule has 1 atom stereocenters. The van der Waals surface area contributed by atoms with Crippen molar-refractivity contribution in [2.45, 2.75) is 32.2 Å². The van der Waals surface area contributed by atoms with Crippen molar-refractivity contribution >= 4 is 9.84 Å². The molecular formula is C11H24N2O2S. The van der Waals surface area contributed by atoms with Crippen LogP contribution in [0, 0.1) is 0 Å². The minimum Gasteiger partial charge on any atom is -0.314 e. The minimum absolute atomic E-state index is 0.248. The number of likely N-dealkylation sites (N-methyl/N-ethyl adjacent to an activating group) is 1. The van der Waals surface area contributed by atoms with Crippen molar-refractivity contribution < 1.29 is 8.42 Å². The highest BCUT2D eigenvalue weighted by Gasteiger charge is 2.18. The van der Waals surface area contributed by atoms with E-state index >= 15 is 0 Å². The first-order chi connectivity index (χ1) is 7.55. The molecule has 4 nitrogen and oxygen atoms in total. The van der Waals surface area contributed by atoms with Crippen LogP contribution in [0.15, 0.2) is 0 Å². The van der Waals surface area contributed by atoms with Gasteiger partial charge in [-0.2, -0.15) is 0 Å². The van der Waals surface area contributed by atoms with Crippen LogP contribution in [0.4, 0.5) is 0 Å². The van der Waals surface area contributed by atoms with Crippen LogP contribution in [0.3, 0.4) is 0 Å². The normalized spacial score (nSPS) is 23.5. The summed E-state index contributed by atoms with van der Waals surface area (Å²) in [4.78, 5) is 2.37. The predicted molar refractivity (Wildman–Crippen MR) is 67.5 cm³/mol. The zero-order valence-corrected chi connectivity index (χ0v) is 11.2. The fourth-order valence-corrected chi connectivity index (χ4v) is 2.79. The van der Waals surface area contributed by atoms with Gasteiger partial charge in [-0.05, 0) is 26.4 Å². The van der Waals surface area contributed by atoms with Crippen molar-refractivity contribution in [3.05, 3.63) is 0 Å². The average molecular weight is 248 g/mol. The monoisotopic (exact) mass is 248 g/mol. The van der Waals surface area contributed by atoms with Crippen molar-refractivity contribution in [1.82, 2.24) is 10.2 Å². The van der Waals surface area contributed by atoms with Crippen LogP contribution >= 0.6 is 0 Å². The first-order valence-corrected chi connectivity index (χ1v) is 7.98. The number of piperidine rings is 1. The molecule has 16 heavy (non-hydrogen) atoms. The molecule has 1 aliphatic heterocycles. The van der Waals surface area contributed by atoms with Crippen molar-refractivity contribution in [2.75, 3.05) is 38.2 Å². The summed E-state index contributed by atoms with van der Waals surface area (Å²) >= 11 is 0. The van der Waals surface area contributed by atoms with Gasteiger partial charge in [-0.25, -0.2) is 8.42 Å². The molecule has 0 spiro atoms. The summed E-state index contributed by atoms with van der Waals surface area (Å²) in [6.45, 7) is 4.36. The van der Waals surface area contributed by atoms with Crippen molar-refractivity contribution in [2.24, 2.45) is 0 Å². The summed E-state index contributed by atoms with van der Waals surface area (Å²) < 4.78 is 22.5. The Hall–Kier alpha value is -0.130. The van der Waals surface area contributed by atoms with Gasteiger partial charge in [0.2, 0.25) is 0 Å². The van der Waals surface area contributed by atoms with E-state index in [9.17, 15) is 8.42 Å². The van der Waals surface area contributed by atoms with Gasteiger partial charge in [-0.15, -0.1) is 0 Å². The fourth-order valence-electron chi connectivity index (χ4n) is 2.04. The molecule has 5 heteroatoms. The average Bonchev–Trinajstić information content (AvgIpc) is 2.27. The minimum atomic E-state index is -2.81. The second-order valence-electron chi connectivity index (χ2n) is 4.57. The Morgan fingerprint density at radius 1 is 1.38 bits per heavy atom. The zero-order chi connectivity index (χ0) is 12.0. The lowest BCUT2D eigenvalue weighted by atomic mass is 10.0. The maximum atomic E-state index is 11.3. The van der Waals surface area contributed by atoms with E-state index < -0.39 is 9.84 Å². The summed E-state index contributed by atoms with van der Waals surface area (Å²) in [6.07, 6.45) is 3.81. The second-order valence-corrected chi connectivity index (χ2v) is 7.04. The Kier molecular flexibility index (Phi) is 5.72. The third-order valence-corrected chi connectivity index (χ3v) is 5.04. The van der Waals surface area contributed by atoms with Crippen LogP contribution in [0.5, 0.6) is 0 Å². The molecule has 0 saturated carbocycles. The van der Waals surface area contributed by atoms with Crippen LogP contribution in [0.1, 0.15) is 26.2 Å². The Labute approximate surface area is 99.3 Å². The van der Waals surface area contributed by atoms with E-state index in [-0.39, 0.29) is 11.5 Å². The molecule has 1 heterocycles. The van der Waals surface area contributed by atoms with Gasteiger partial charge in [0.05, 0.1) is 5.75 Å². The van der Waals surface area contributed by atoms with Gasteiger partial charge >= 0.3 is 0 Å². The molecule has 1 rings (SSSR count). The first kappa shape index (κ1) is 13.9. The van der Waals surface area contributed by atoms with Crippen LogP contribution in [0.25, 0.3) is 0 Å². The van der Waals surface area contributed by atoms with E-state index in [0.717, 1.165) is 6.54 Å². The van der Waals surface area contributed by atoms with Crippen LogP contribution < -0.4 is 5.32 Å². The van der Waals surface area contributed by atoms with Crippen molar-refractivity contribution in [3.8, 4) is 0 Å². The quantitative estimate of drug-likeness (QED) is 0.695. The summed E-state index contributed by atoms with van der Waals surface area (Å²) in [6, 6.07) is 0.582. The SMILES string of the molecule is CCS(=O)(=O)CCNCC1CCCCN1C. The lowest BCUT2D eigenvalue weighted by Crippen LogP contribution is -2.43. The van der Waals surface area contributed by atoms with E-state index in [1.807, 2.05) is 0 Å². The number of rotatable bonds is 6. The highest BCUT2D eigenvalue weighted by atomic mass is 32.2. The number of hydrogen-bond donors (Lipinski definition) is 1. The maximum Gasteiger partial charge on any atom is 0.151 e. The molecule has 1 aliphatic rings. The van der Waals surface area contributed by atoms with Gasteiger partial charge in [0.1, 0.15) is 0 Å². The van der Waals surface area contributed by atoms with Gasteiger partial charge < -0.3 is 10.2 Å². The highest BCUT2D eigenvalue weighted by molar-refractivity contribution is 7.91. The third-order valence-electron chi connectivity index (χ3n) is 3.33. The summed E-state index contributed by atoms with van der Waals surface area (Å²) in [5, 5.41) is 3.26. The fraction of sp³-hybridized carbons (Fsp3) is 1.00. The smallest absolute Gasteiger partial charge is 0.151 e. The van der Waals surface area contributed by atoms with E-state index in [4.69, 9.17) is 0 Å². The summed E-state index contributed by atoms with van der Waals surface area (Å²) in [5.74, 6) is 0.512. The number of likely N-dealkylation sites (tertiary alicyclic amines) is 1. The second kappa shape index (κ2) is 6.57. The largest absolute Gasteiger partial charge is 0.314 e. The Balaban J connectivity index is 2.15. The number of sulfone groups is 1. The predicted octanol–water partition coefficient (Wildman–Crippen LogP) is 0.495. The Bertz CT molecular complexity index is 290. The Morgan fingerprint density at radius 3 is 2.75 bits per heavy atom. The standard InChI is InChI=1S/C11H24N2O2S/c1-3-16(14,15)9-7-12-10-11-6-4-5-8-13(11)2/h11-12H,3-10H2,1-2H3. The molecule has 0 aromatic carbocycles. The summed E-state index contributed by atoms with van der Waals surface area (Å²) in [7, 11) is -0.665. The molecule has 0 aliphatic carbocycles. The van der Waals surface area contributed by atoms with Crippen molar-refractivity contribution in [3.63, 3.8) is 0 Å². The molecule has 1 unspecified atom stereocenters. The van der Waals surface area contributed by atoms with Crippen LogP contribution in [-0.4, -0.2) is 57.5 Å². The molecule has 96 valence electrons. The van der Waals surface area contributed by atoms with Gasteiger partial charge in [0, 0.05) is 24.9 Å². The zero-order valence-electron chi connectivity index (χ0n) is 10.4. The maximum absolute atomic E-state index is 11.3. The van der Waals surface area contributed by atoms with E-state index in [1.165, 1.54) is 25.8 Å². The first-order valence-electron chi connectivity index (χ1n) is 6.16. The molecule has 0 radical (unpaired) electrons. The molecule has 1 saturated heterocycles. The molecule has 1 fully saturated rings. The molecule has 0 aromatic heterocycles. The highest BCUT2D eigenvalue weighted by Crippen LogP contribution is 2.13. The lowest BCUT2D eigenvalue weighted by molar-refractivity contribution is 0.182. The molecule has 0 amide bonds. The number of nitrogens with zero attached hydrogens (tertiary/aromatic N) is 1. The van der Waals surface area contributed by atoms with Gasteiger partial charge in [-0.1, -0.05) is 13.3 Å². The molecule has 0 aromatic rings. The van der Waals surface area contributed by atoms with Gasteiger partial charge in [0.25, 0.3) is 0 Å².